The third-order valence-electron chi connectivity index (χ3n) is 4.51. The first kappa shape index (κ1) is 15.6. The number of aryl methyl sites for hydroxylation is 4. The van der Waals surface area contributed by atoms with E-state index in [-0.39, 0.29) is 11.9 Å². The van der Waals surface area contributed by atoms with E-state index in [1.54, 1.807) is 4.68 Å². The Morgan fingerprint density at radius 1 is 1.30 bits per heavy atom. The van der Waals surface area contributed by atoms with Gasteiger partial charge in [-0.2, -0.15) is 0 Å². The molecule has 1 aliphatic carbocycles. The fourth-order valence-corrected chi connectivity index (χ4v) is 3.08. The molecule has 0 saturated carbocycles. The third kappa shape index (κ3) is 3.75. The van der Waals surface area contributed by atoms with Crippen LogP contribution in [-0.4, -0.2) is 26.1 Å². The summed E-state index contributed by atoms with van der Waals surface area (Å²) < 4.78 is 1.64. The lowest BCUT2D eigenvalue weighted by Gasteiger charge is -2.20. The lowest BCUT2D eigenvalue weighted by molar-refractivity contribution is -0.122. The molecule has 0 saturated heterocycles. The van der Waals surface area contributed by atoms with Crippen LogP contribution in [-0.2, 0) is 24.2 Å². The Balaban J connectivity index is 1.57. The van der Waals surface area contributed by atoms with Crippen LogP contribution in [0.1, 0.15) is 54.7 Å². The van der Waals surface area contributed by atoms with Crippen molar-refractivity contribution in [3.8, 4) is 0 Å². The van der Waals surface area contributed by atoms with Crippen LogP contribution in [0.5, 0.6) is 0 Å². The summed E-state index contributed by atoms with van der Waals surface area (Å²) in [4.78, 5) is 12.1. The van der Waals surface area contributed by atoms with E-state index in [1.807, 2.05) is 13.8 Å². The van der Waals surface area contributed by atoms with Gasteiger partial charge < -0.3 is 5.32 Å². The molecule has 2 aromatic rings. The Morgan fingerprint density at radius 2 is 2.09 bits per heavy atom. The van der Waals surface area contributed by atoms with Gasteiger partial charge in [-0.25, -0.2) is 4.68 Å². The number of carbonyl (C=O) groups excluding carboxylic acids is 1. The molecule has 23 heavy (non-hydrogen) atoms. The van der Waals surface area contributed by atoms with E-state index in [0.717, 1.165) is 12.2 Å². The number of tetrazole rings is 1. The summed E-state index contributed by atoms with van der Waals surface area (Å²) in [5.74, 6) is 0.741. The number of fused-ring (bicyclic) bond motifs is 1. The molecule has 122 valence electrons. The molecule has 6 heteroatoms. The van der Waals surface area contributed by atoms with Crippen molar-refractivity contribution in [3.05, 3.63) is 40.7 Å². The first-order chi connectivity index (χ1) is 11.1. The van der Waals surface area contributed by atoms with Crippen molar-refractivity contribution in [1.82, 2.24) is 25.5 Å². The average Bonchev–Trinajstić information content (AvgIpc) is 2.97. The van der Waals surface area contributed by atoms with Gasteiger partial charge in [0.05, 0.1) is 12.6 Å². The van der Waals surface area contributed by atoms with Crippen molar-refractivity contribution in [2.75, 3.05) is 0 Å². The van der Waals surface area contributed by atoms with Crippen LogP contribution >= 0.6 is 0 Å². The summed E-state index contributed by atoms with van der Waals surface area (Å²) in [6, 6.07) is 6.63. The third-order valence-corrected chi connectivity index (χ3v) is 4.51. The minimum Gasteiger partial charge on any atom is -0.350 e. The molecule has 0 fully saturated rings. The topological polar surface area (TPSA) is 72.7 Å². The second-order valence-corrected chi connectivity index (χ2v) is 6.22. The Morgan fingerprint density at radius 3 is 2.83 bits per heavy atom. The molecule has 1 amide bonds. The van der Waals surface area contributed by atoms with Gasteiger partial charge in [0.2, 0.25) is 5.91 Å². The maximum Gasteiger partial charge on any atom is 0.222 e. The van der Waals surface area contributed by atoms with E-state index >= 15 is 0 Å². The van der Waals surface area contributed by atoms with Crippen LogP contribution < -0.4 is 5.32 Å². The van der Waals surface area contributed by atoms with Crippen LogP contribution in [0, 0.1) is 6.92 Å². The Labute approximate surface area is 136 Å². The van der Waals surface area contributed by atoms with Crippen molar-refractivity contribution in [2.45, 2.75) is 58.5 Å². The highest BCUT2D eigenvalue weighted by molar-refractivity contribution is 5.76. The Hall–Kier alpha value is -2.24. The lowest BCUT2D eigenvalue weighted by atomic mass is 9.89. The standard InChI is InChI=1S/C17H23N5O/c1-12(15-8-7-14-5-3-4-6-16(14)11-15)18-17(23)9-10-22-13(2)19-20-21-22/h7-8,11-12H,3-6,9-10H2,1-2H3,(H,18,23)/t12-/m1/s1. The first-order valence-corrected chi connectivity index (χ1v) is 8.27. The summed E-state index contributed by atoms with van der Waals surface area (Å²) in [7, 11) is 0. The monoisotopic (exact) mass is 313 g/mol. The highest BCUT2D eigenvalue weighted by Gasteiger charge is 2.14. The quantitative estimate of drug-likeness (QED) is 0.918. The predicted molar refractivity (Wildman–Crippen MR) is 86.8 cm³/mol. The van der Waals surface area contributed by atoms with Gasteiger partial charge in [0.1, 0.15) is 5.82 Å². The minimum absolute atomic E-state index is 0.0182. The SMILES string of the molecule is Cc1nnnn1CCC(=O)N[C@H](C)c1ccc2c(c1)CCCC2. The molecule has 0 aliphatic heterocycles. The Kier molecular flexibility index (Phi) is 4.69. The highest BCUT2D eigenvalue weighted by atomic mass is 16.1. The number of nitrogens with zero attached hydrogens (tertiary/aromatic N) is 4. The molecule has 0 spiro atoms. The molecular formula is C17H23N5O. The number of hydrogen-bond donors (Lipinski definition) is 1. The van der Waals surface area contributed by atoms with Crippen molar-refractivity contribution >= 4 is 5.91 Å². The van der Waals surface area contributed by atoms with Crippen LogP contribution in [0.15, 0.2) is 18.2 Å². The van der Waals surface area contributed by atoms with Crippen LogP contribution in [0.3, 0.4) is 0 Å². The number of hydrogen-bond acceptors (Lipinski definition) is 4. The van der Waals surface area contributed by atoms with Crippen molar-refractivity contribution < 1.29 is 4.79 Å². The van der Waals surface area contributed by atoms with Gasteiger partial charge in [-0.3, -0.25) is 4.79 Å². The molecule has 1 atom stereocenters. The molecule has 0 unspecified atom stereocenters. The zero-order chi connectivity index (χ0) is 16.2. The second kappa shape index (κ2) is 6.89. The van der Waals surface area contributed by atoms with E-state index in [2.05, 4.69) is 39.0 Å². The normalized spacial score (nSPS) is 15.0. The van der Waals surface area contributed by atoms with Gasteiger partial charge >= 0.3 is 0 Å². The largest absolute Gasteiger partial charge is 0.350 e. The highest BCUT2D eigenvalue weighted by Crippen LogP contribution is 2.24. The molecule has 1 heterocycles. The Bertz CT molecular complexity index is 694. The molecule has 6 nitrogen and oxygen atoms in total. The van der Waals surface area contributed by atoms with Crippen molar-refractivity contribution in [1.29, 1.82) is 0 Å². The van der Waals surface area contributed by atoms with Gasteiger partial charge in [-0.15, -0.1) is 5.10 Å². The molecule has 3 rings (SSSR count). The van der Waals surface area contributed by atoms with Crippen LogP contribution in [0.2, 0.25) is 0 Å². The summed E-state index contributed by atoms with van der Waals surface area (Å²) in [6.45, 7) is 4.36. The number of rotatable bonds is 5. The first-order valence-electron chi connectivity index (χ1n) is 8.27. The van der Waals surface area contributed by atoms with Gasteiger partial charge in [-0.05, 0) is 66.6 Å². The summed E-state index contributed by atoms with van der Waals surface area (Å²) in [5, 5.41) is 14.3. The van der Waals surface area contributed by atoms with Crippen molar-refractivity contribution in [3.63, 3.8) is 0 Å². The number of nitrogens with one attached hydrogen (secondary N) is 1. The molecule has 1 N–H and O–H groups in total. The molecular weight excluding hydrogens is 290 g/mol. The smallest absolute Gasteiger partial charge is 0.222 e. The van der Waals surface area contributed by atoms with E-state index in [4.69, 9.17) is 0 Å². The number of aromatic nitrogens is 4. The minimum atomic E-state index is 0.0182. The predicted octanol–water partition coefficient (Wildman–Crippen LogP) is 2.13. The molecule has 1 aromatic heterocycles. The molecule has 1 aromatic carbocycles. The summed E-state index contributed by atoms with van der Waals surface area (Å²) in [5.41, 5.74) is 4.09. The summed E-state index contributed by atoms with van der Waals surface area (Å²) >= 11 is 0. The molecule has 1 aliphatic rings. The maximum atomic E-state index is 12.1. The molecule has 0 radical (unpaired) electrons. The summed E-state index contributed by atoms with van der Waals surface area (Å²) in [6.07, 6.45) is 5.27. The fraction of sp³-hybridized carbons (Fsp3) is 0.529. The van der Waals surface area contributed by atoms with E-state index in [9.17, 15) is 4.79 Å². The van der Waals surface area contributed by atoms with E-state index in [1.165, 1.54) is 36.0 Å². The zero-order valence-corrected chi connectivity index (χ0v) is 13.7. The van der Waals surface area contributed by atoms with E-state index < -0.39 is 0 Å². The number of carbonyl (C=O) groups is 1. The van der Waals surface area contributed by atoms with Gasteiger partial charge in [0.15, 0.2) is 0 Å². The molecule has 0 bridgehead atoms. The van der Waals surface area contributed by atoms with E-state index in [0.29, 0.717) is 13.0 Å². The maximum absolute atomic E-state index is 12.1. The number of benzene rings is 1. The van der Waals surface area contributed by atoms with Gasteiger partial charge in [-0.1, -0.05) is 18.2 Å². The van der Waals surface area contributed by atoms with Crippen molar-refractivity contribution in [2.24, 2.45) is 0 Å². The van der Waals surface area contributed by atoms with Crippen LogP contribution in [0.4, 0.5) is 0 Å². The fourth-order valence-electron chi connectivity index (χ4n) is 3.08. The van der Waals surface area contributed by atoms with Gasteiger partial charge in [0, 0.05) is 6.42 Å². The lowest BCUT2D eigenvalue weighted by Crippen LogP contribution is -2.28. The zero-order valence-electron chi connectivity index (χ0n) is 13.7. The van der Waals surface area contributed by atoms with Gasteiger partial charge in [0.25, 0.3) is 0 Å². The number of amides is 1. The van der Waals surface area contributed by atoms with Crippen LogP contribution in [0.25, 0.3) is 0 Å². The second-order valence-electron chi connectivity index (χ2n) is 6.22. The average molecular weight is 313 g/mol.